The van der Waals surface area contributed by atoms with Gasteiger partial charge in [-0.15, -0.1) is 6.58 Å². The number of benzene rings is 1. The molecule has 0 fully saturated rings. The highest BCUT2D eigenvalue weighted by atomic mass is 35.5. The van der Waals surface area contributed by atoms with Gasteiger partial charge in [0.25, 0.3) is 5.91 Å². The van der Waals surface area contributed by atoms with Crippen molar-refractivity contribution in [2.75, 3.05) is 11.9 Å². The minimum absolute atomic E-state index is 0.0749. The van der Waals surface area contributed by atoms with E-state index >= 15 is 0 Å². The molecule has 2 rings (SSSR count). The first kappa shape index (κ1) is 17.3. The van der Waals surface area contributed by atoms with Gasteiger partial charge in [-0.1, -0.05) is 41.4 Å². The molecule has 0 saturated heterocycles. The van der Waals surface area contributed by atoms with Crippen molar-refractivity contribution in [3.05, 3.63) is 70.4 Å². The Morgan fingerprint density at radius 2 is 2.13 bits per heavy atom. The molecule has 0 aliphatic heterocycles. The summed E-state index contributed by atoms with van der Waals surface area (Å²) in [5.74, 6) is 0.462. The summed E-state index contributed by atoms with van der Waals surface area (Å²) in [6, 6.07) is 8.88. The average molecular weight is 350 g/mol. The second-order valence-corrected chi connectivity index (χ2v) is 5.73. The molecule has 1 aromatic heterocycles. The summed E-state index contributed by atoms with van der Waals surface area (Å²) in [5.41, 5.74) is 1.37. The highest BCUT2D eigenvalue weighted by Crippen LogP contribution is 2.31. The van der Waals surface area contributed by atoms with Crippen LogP contribution in [0.15, 0.2) is 49.2 Å². The van der Waals surface area contributed by atoms with Crippen molar-refractivity contribution in [2.24, 2.45) is 0 Å². The molecule has 4 nitrogen and oxygen atoms in total. The number of rotatable bonds is 6. The molecule has 2 aromatic rings. The molecule has 0 bridgehead atoms. The normalized spacial score (nSPS) is 11.6. The molecular formula is C17H17Cl2N3O. The van der Waals surface area contributed by atoms with E-state index in [4.69, 9.17) is 23.2 Å². The fourth-order valence-corrected chi connectivity index (χ4v) is 2.51. The fraction of sp³-hybridized carbons (Fsp3) is 0.176. The first-order chi connectivity index (χ1) is 11.0. The number of anilines is 1. The molecule has 1 atom stereocenters. The number of aromatic nitrogens is 1. The van der Waals surface area contributed by atoms with Gasteiger partial charge in [-0.25, -0.2) is 4.98 Å². The zero-order valence-electron chi connectivity index (χ0n) is 12.6. The van der Waals surface area contributed by atoms with E-state index in [1.165, 1.54) is 6.20 Å². The largest absolute Gasteiger partial charge is 0.363 e. The lowest BCUT2D eigenvalue weighted by molar-refractivity contribution is 0.0957. The first-order valence-corrected chi connectivity index (χ1v) is 7.84. The summed E-state index contributed by atoms with van der Waals surface area (Å²) in [4.78, 5) is 16.0. The molecule has 1 amide bonds. The maximum atomic E-state index is 11.8. The van der Waals surface area contributed by atoms with E-state index in [9.17, 15) is 4.79 Å². The predicted molar refractivity (Wildman–Crippen MR) is 95.3 cm³/mol. The van der Waals surface area contributed by atoms with Crippen molar-refractivity contribution in [1.29, 1.82) is 0 Å². The standard InChI is InChI=1S/C17H17Cl2N3O/c1-3-9-20-17(23)12-7-8-15(21-10-12)22-11(2)13-5-4-6-14(18)16(13)19/h3-8,10-11H,1,9H2,2H3,(H,20,23)(H,21,22). The Labute approximate surface area is 145 Å². The lowest BCUT2D eigenvalue weighted by Crippen LogP contribution is -2.23. The lowest BCUT2D eigenvalue weighted by Gasteiger charge is -2.17. The van der Waals surface area contributed by atoms with Gasteiger partial charge in [-0.3, -0.25) is 4.79 Å². The molecular weight excluding hydrogens is 333 g/mol. The monoisotopic (exact) mass is 349 g/mol. The fourth-order valence-electron chi connectivity index (χ4n) is 2.03. The number of carbonyl (C=O) groups excluding carboxylic acids is 1. The van der Waals surface area contributed by atoms with E-state index < -0.39 is 0 Å². The van der Waals surface area contributed by atoms with E-state index in [-0.39, 0.29) is 11.9 Å². The Bertz CT molecular complexity index is 701. The molecule has 0 saturated carbocycles. The molecule has 1 aromatic carbocycles. The summed E-state index contributed by atoms with van der Waals surface area (Å²) >= 11 is 12.2. The van der Waals surface area contributed by atoms with Crippen molar-refractivity contribution in [3.63, 3.8) is 0 Å². The molecule has 2 N–H and O–H groups in total. The molecule has 120 valence electrons. The van der Waals surface area contributed by atoms with Crippen LogP contribution in [-0.4, -0.2) is 17.4 Å². The number of hydrogen-bond donors (Lipinski definition) is 2. The second kappa shape index (κ2) is 7.99. The smallest absolute Gasteiger partial charge is 0.253 e. The number of pyridine rings is 1. The van der Waals surface area contributed by atoms with Gasteiger partial charge in [0.2, 0.25) is 0 Å². The zero-order chi connectivity index (χ0) is 16.8. The molecule has 0 aliphatic rings. The minimum atomic E-state index is -0.185. The van der Waals surface area contributed by atoms with Crippen LogP contribution in [0.25, 0.3) is 0 Å². The van der Waals surface area contributed by atoms with E-state index in [1.54, 1.807) is 24.3 Å². The maximum absolute atomic E-state index is 11.8. The third-order valence-electron chi connectivity index (χ3n) is 3.24. The third kappa shape index (κ3) is 4.47. The van der Waals surface area contributed by atoms with Crippen LogP contribution in [-0.2, 0) is 0 Å². The van der Waals surface area contributed by atoms with Gasteiger partial charge in [0.15, 0.2) is 0 Å². The minimum Gasteiger partial charge on any atom is -0.363 e. The summed E-state index contributed by atoms with van der Waals surface area (Å²) in [6.07, 6.45) is 3.14. The highest BCUT2D eigenvalue weighted by molar-refractivity contribution is 6.42. The number of amides is 1. The van der Waals surface area contributed by atoms with Crippen molar-refractivity contribution < 1.29 is 4.79 Å². The van der Waals surface area contributed by atoms with E-state index in [1.807, 2.05) is 19.1 Å². The van der Waals surface area contributed by atoms with E-state index in [0.29, 0.717) is 28.0 Å². The summed E-state index contributed by atoms with van der Waals surface area (Å²) in [5, 5.41) is 6.97. The Morgan fingerprint density at radius 3 is 2.78 bits per heavy atom. The van der Waals surface area contributed by atoms with Crippen LogP contribution < -0.4 is 10.6 Å². The summed E-state index contributed by atoms with van der Waals surface area (Å²) < 4.78 is 0. The third-order valence-corrected chi connectivity index (χ3v) is 4.08. The number of nitrogens with zero attached hydrogens (tertiary/aromatic N) is 1. The Kier molecular flexibility index (Phi) is 6.02. The Balaban J connectivity index is 2.07. The summed E-state index contributed by atoms with van der Waals surface area (Å²) in [6.45, 7) is 5.94. The molecule has 1 heterocycles. The quantitative estimate of drug-likeness (QED) is 0.756. The SMILES string of the molecule is C=CCNC(=O)c1ccc(NC(C)c2cccc(Cl)c2Cl)nc1. The molecule has 1 unspecified atom stereocenters. The van der Waals surface area contributed by atoms with Crippen molar-refractivity contribution >= 4 is 34.9 Å². The van der Waals surface area contributed by atoms with Crippen LogP contribution in [0.2, 0.25) is 10.0 Å². The number of halogens is 2. The first-order valence-electron chi connectivity index (χ1n) is 7.08. The van der Waals surface area contributed by atoms with Crippen LogP contribution in [0.3, 0.4) is 0 Å². The van der Waals surface area contributed by atoms with E-state index in [0.717, 1.165) is 5.56 Å². The van der Waals surface area contributed by atoms with Gasteiger partial charge in [0.05, 0.1) is 21.7 Å². The lowest BCUT2D eigenvalue weighted by atomic mass is 10.1. The topological polar surface area (TPSA) is 54.0 Å². The van der Waals surface area contributed by atoms with E-state index in [2.05, 4.69) is 22.2 Å². The van der Waals surface area contributed by atoms with Gasteiger partial charge in [0, 0.05) is 12.7 Å². The van der Waals surface area contributed by atoms with Crippen LogP contribution in [0.4, 0.5) is 5.82 Å². The number of nitrogens with one attached hydrogen (secondary N) is 2. The number of carbonyl (C=O) groups is 1. The molecule has 0 aliphatic carbocycles. The average Bonchev–Trinajstić information content (AvgIpc) is 2.55. The predicted octanol–water partition coefficient (Wildman–Crippen LogP) is 4.48. The Morgan fingerprint density at radius 1 is 1.35 bits per heavy atom. The van der Waals surface area contributed by atoms with Crippen molar-refractivity contribution in [1.82, 2.24) is 10.3 Å². The van der Waals surface area contributed by atoms with Crippen molar-refractivity contribution in [2.45, 2.75) is 13.0 Å². The Hall–Kier alpha value is -2.04. The maximum Gasteiger partial charge on any atom is 0.253 e. The van der Waals surface area contributed by atoms with Gasteiger partial charge in [0.1, 0.15) is 5.82 Å². The van der Waals surface area contributed by atoms with Crippen LogP contribution >= 0.6 is 23.2 Å². The van der Waals surface area contributed by atoms with Crippen LogP contribution in [0.1, 0.15) is 28.9 Å². The van der Waals surface area contributed by atoms with Gasteiger partial charge in [-0.2, -0.15) is 0 Å². The molecule has 0 spiro atoms. The molecule has 0 radical (unpaired) electrons. The van der Waals surface area contributed by atoms with Gasteiger partial charge < -0.3 is 10.6 Å². The zero-order valence-corrected chi connectivity index (χ0v) is 14.2. The molecule has 23 heavy (non-hydrogen) atoms. The van der Waals surface area contributed by atoms with Crippen molar-refractivity contribution in [3.8, 4) is 0 Å². The summed E-state index contributed by atoms with van der Waals surface area (Å²) in [7, 11) is 0. The van der Waals surface area contributed by atoms with Gasteiger partial charge >= 0.3 is 0 Å². The molecule has 6 heteroatoms. The number of hydrogen-bond acceptors (Lipinski definition) is 3. The van der Waals surface area contributed by atoms with Gasteiger partial charge in [-0.05, 0) is 30.7 Å². The second-order valence-electron chi connectivity index (χ2n) is 4.94. The van der Waals surface area contributed by atoms with Crippen LogP contribution in [0.5, 0.6) is 0 Å². The highest BCUT2D eigenvalue weighted by Gasteiger charge is 2.12. The van der Waals surface area contributed by atoms with Crippen LogP contribution in [0, 0.1) is 0 Å².